The maximum Gasteiger partial charge on any atom is 0.334 e. The lowest BCUT2D eigenvalue weighted by atomic mass is 9.52. The summed E-state index contributed by atoms with van der Waals surface area (Å²) in [5.41, 5.74) is 0.871. The fraction of sp³-hybridized carbons (Fsp3) is 0.800. The van der Waals surface area contributed by atoms with Crippen molar-refractivity contribution in [1.29, 1.82) is 0 Å². The first-order valence-corrected chi connectivity index (χ1v) is 7.05. The second-order valence-electron chi connectivity index (χ2n) is 6.88. The molecule has 0 unspecified atom stereocenters. The molecule has 0 aromatic rings. The van der Waals surface area contributed by atoms with E-state index in [4.69, 9.17) is 9.47 Å². The number of hydrogen-bond acceptors (Lipinski definition) is 3. The number of hydrogen-bond donors (Lipinski definition) is 0. The van der Waals surface area contributed by atoms with E-state index in [0.29, 0.717) is 17.6 Å². The Labute approximate surface area is 108 Å². The molecular formula is C15H20O3. The molecule has 0 bridgehead atoms. The van der Waals surface area contributed by atoms with Crippen LogP contribution >= 0.6 is 0 Å². The van der Waals surface area contributed by atoms with Crippen LogP contribution in [0.3, 0.4) is 0 Å². The van der Waals surface area contributed by atoms with E-state index in [2.05, 4.69) is 20.4 Å². The SMILES string of the molecule is C=C1C(=O)O[C@@H]2C[C@@]34O[C@@H]3CC[C@H](C)[C@@]4(C)C[C@H]12. The van der Waals surface area contributed by atoms with Gasteiger partial charge in [0.25, 0.3) is 0 Å². The summed E-state index contributed by atoms with van der Waals surface area (Å²) < 4.78 is 11.6. The second kappa shape index (κ2) is 3.01. The lowest BCUT2D eigenvalue weighted by molar-refractivity contribution is -0.143. The molecule has 4 rings (SSSR count). The average Bonchev–Trinajstić information content (AvgIpc) is 2.98. The van der Waals surface area contributed by atoms with Crippen LogP contribution in [-0.2, 0) is 14.3 Å². The summed E-state index contributed by atoms with van der Waals surface area (Å²) in [7, 11) is 0. The molecule has 6 atom stereocenters. The molecule has 2 saturated heterocycles. The minimum absolute atomic E-state index is 0.00324. The molecular weight excluding hydrogens is 228 g/mol. The summed E-state index contributed by atoms with van der Waals surface area (Å²) in [6, 6.07) is 0. The van der Waals surface area contributed by atoms with Crippen molar-refractivity contribution in [3.63, 3.8) is 0 Å². The third kappa shape index (κ3) is 1.04. The number of carbonyl (C=O) groups is 1. The first-order valence-electron chi connectivity index (χ1n) is 7.05. The first-order chi connectivity index (χ1) is 8.48. The van der Waals surface area contributed by atoms with Crippen molar-refractivity contribution in [3.8, 4) is 0 Å². The second-order valence-corrected chi connectivity index (χ2v) is 6.88. The smallest absolute Gasteiger partial charge is 0.334 e. The molecule has 18 heavy (non-hydrogen) atoms. The van der Waals surface area contributed by atoms with Gasteiger partial charge >= 0.3 is 5.97 Å². The lowest BCUT2D eigenvalue weighted by Crippen LogP contribution is -2.53. The van der Waals surface area contributed by atoms with Crippen molar-refractivity contribution in [2.45, 2.75) is 57.3 Å². The molecule has 4 fully saturated rings. The highest BCUT2D eigenvalue weighted by molar-refractivity contribution is 5.90. The average molecular weight is 248 g/mol. The molecule has 3 heteroatoms. The highest BCUT2D eigenvalue weighted by atomic mass is 16.6. The monoisotopic (exact) mass is 248 g/mol. The zero-order valence-corrected chi connectivity index (χ0v) is 11.1. The standard InChI is InChI=1S/C15H20O3/c1-8-4-5-12-15(18-12)7-11-10(6-14(8,15)3)9(2)13(16)17-11/h8,10-12H,2,4-7H2,1,3H3/t8-,10+,11+,12+,14+,15+/m0/s1. The van der Waals surface area contributed by atoms with E-state index >= 15 is 0 Å². The van der Waals surface area contributed by atoms with E-state index in [9.17, 15) is 4.79 Å². The fourth-order valence-corrected chi connectivity index (χ4v) is 4.80. The summed E-state index contributed by atoms with van der Waals surface area (Å²) in [6.07, 6.45) is 4.72. The van der Waals surface area contributed by atoms with Gasteiger partial charge in [-0.2, -0.15) is 0 Å². The first kappa shape index (κ1) is 11.0. The lowest BCUT2D eigenvalue weighted by Gasteiger charge is -2.50. The third-order valence-corrected chi connectivity index (χ3v) is 6.30. The zero-order chi connectivity index (χ0) is 12.7. The molecule has 0 aromatic carbocycles. The summed E-state index contributed by atoms with van der Waals surface area (Å²) >= 11 is 0. The van der Waals surface area contributed by atoms with Gasteiger partial charge in [-0.05, 0) is 25.2 Å². The van der Waals surface area contributed by atoms with Gasteiger partial charge in [0.15, 0.2) is 0 Å². The number of esters is 1. The van der Waals surface area contributed by atoms with Crippen LogP contribution < -0.4 is 0 Å². The number of carbonyl (C=O) groups excluding carboxylic acids is 1. The Morgan fingerprint density at radius 1 is 1.33 bits per heavy atom. The van der Waals surface area contributed by atoms with Crippen molar-refractivity contribution in [1.82, 2.24) is 0 Å². The van der Waals surface area contributed by atoms with Crippen LogP contribution in [-0.4, -0.2) is 23.8 Å². The maximum absolute atomic E-state index is 11.7. The Kier molecular flexibility index (Phi) is 1.84. The van der Waals surface area contributed by atoms with E-state index in [1.807, 2.05) is 0 Å². The Morgan fingerprint density at radius 2 is 2.11 bits per heavy atom. The van der Waals surface area contributed by atoms with Crippen LogP contribution in [0.2, 0.25) is 0 Å². The van der Waals surface area contributed by atoms with Gasteiger partial charge in [-0.25, -0.2) is 4.79 Å². The molecule has 0 N–H and O–H groups in total. The molecule has 3 nitrogen and oxygen atoms in total. The topological polar surface area (TPSA) is 38.8 Å². The highest BCUT2D eigenvalue weighted by Gasteiger charge is 2.74. The molecule has 2 saturated carbocycles. The molecule has 0 aromatic heterocycles. The van der Waals surface area contributed by atoms with Crippen molar-refractivity contribution in [2.24, 2.45) is 17.3 Å². The van der Waals surface area contributed by atoms with Gasteiger partial charge < -0.3 is 9.47 Å². The van der Waals surface area contributed by atoms with Gasteiger partial charge in [-0.3, -0.25) is 0 Å². The van der Waals surface area contributed by atoms with E-state index in [-0.39, 0.29) is 29.0 Å². The predicted octanol–water partition coefficient (Wildman–Crippen LogP) is 2.45. The minimum atomic E-state index is -0.187. The Balaban J connectivity index is 1.74. The van der Waals surface area contributed by atoms with Crippen molar-refractivity contribution >= 4 is 5.97 Å². The summed E-state index contributed by atoms with van der Waals surface area (Å²) in [5, 5.41) is 0. The van der Waals surface area contributed by atoms with Crippen molar-refractivity contribution in [2.75, 3.05) is 0 Å². The quantitative estimate of drug-likeness (QED) is 0.375. The number of epoxide rings is 1. The molecule has 0 amide bonds. The van der Waals surface area contributed by atoms with Gasteiger partial charge in [0.05, 0.1) is 6.10 Å². The van der Waals surface area contributed by atoms with Crippen LogP contribution in [0.1, 0.15) is 39.5 Å². The van der Waals surface area contributed by atoms with Gasteiger partial charge in [0.2, 0.25) is 0 Å². The molecule has 1 spiro atoms. The molecule has 0 radical (unpaired) electrons. The normalized spacial score (nSPS) is 57.4. The van der Waals surface area contributed by atoms with Crippen molar-refractivity contribution < 1.29 is 14.3 Å². The Bertz CT molecular complexity index is 457. The zero-order valence-electron chi connectivity index (χ0n) is 11.1. The van der Waals surface area contributed by atoms with Gasteiger partial charge in [-0.1, -0.05) is 20.4 Å². The molecule has 4 aliphatic rings. The number of fused-ring (bicyclic) bond motifs is 1. The summed E-state index contributed by atoms with van der Waals surface area (Å²) in [5.74, 6) is 0.688. The van der Waals surface area contributed by atoms with Gasteiger partial charge in [0.1, 0.15) is 11.7 Å². The largest absolute Gasteiger partial charge is 0.458 e. The van der Waals surface area contributed by atoms with E-state index in [1.54, 1.807) is 0 Å². The van der Waals surface area contributed by atoms with Crippen LogP contribution in [0.25, 0.3) is 0 Å². The molecule has 2 aliphatic heterocycles. The minimum Gasteiger partial charge on any atom is -0.458 e. The van der Waals surface area contributed by atoms with E-state index in [0.717, 1.165) is 12.8 Å². The summed E-state index contributed by atoms with van der Waals surface area (Å²) in [6.45, 7) is 8.62. The van der Waals surface area contributed by atoms with Crippen LogP contribution in [0, 0.1) is 17.3 Å². The van der Waals surface area contributed by atoms with E-state index in [1.165, 1.54) is 12.8 Å². The number of ether oxygens (including phenoxy) is 2. The van der Waals surface area contributed by atoms with Crippen LogP contribution in [0.4, 0.5) is 0 Å². The van der Waals surface area contributed by atoms with Crippen LogP contribution in [0.15, 0.2) is 12.2 Å². The maximum atomic E-state index is 11.7. The van der Waals surface area contributed by atoms with Gasteiger partial charge in [0, 0.05) is 23.3 Å². The van der Waals surface area contributed by atoms with Crippen molar-refractivity contribution in [3.05, 3.63) is 12.2 Å². The summed E-state index contributed by atoms with van der Waals surface area (Å²) in [4.78, 5) is 11.7. The molecule has 98 valence electrons. The highest BCUT2D eigenvalue weighted by Crippen LogP contribution is 2.68. The Morgan fingerprint density at radius 3 is 2.89 bits per heavy atom. The van der Waals surface area contributed by atoms with E-state index < -0.39 is 0 Å². The Hall–Kier alpha value is -0.830. The third-order valence-electron chi connectivity index (χ3n) is 6.30. The van der Waals surface area contributed by atoms with Gasteiger partial charge in [-0.15, -0.1) is 0 Å². The fourth-order valence-electron chi connectivity index (χ4n) is 4.80. The van der Waals surface area contributed by atoms with Crippen LogP contribution in [0.5, 0.6) is 0 Å². The predicted molar refractivity (Wildman–Crippen MR) is 65.9 cm³/mol. The molecule has 2 aliphatic carbocycles. The molecule has 2 heterocycles. The number of rotatable bonds is 0.